The predicted octanol–water partition coefficient (Wildman–Crippen LogP) is 2.93. The summed E-state index contributed by atoms with van der Waals surface area (Å²) < 4.78 is 5.36. The maximum Gasteiger partial charge on any atom is 0.0739 e. The van der Waals surface area contributed by atoms with E-state index in [1.807, 2.05) is 18.2 Å². The Morgan fingerprint density at radius 2 is 2.25 bits per heavy atom. The van der Waals surface area contributed by atoms with E-state index in [0.717, 1.165) is 12.1 Å². The maximum atomic E-state index is 5.89. The minimum atomic E-state index is 0.567. The van der Waals surface area contributed by atoms with E-state index in [0.29, 0.717) is 30.5 Å². The van der Waals surface area contributed by atoms with Gasteiger partial charge in [-0.25, -0.2) is 0 Å². The van der Waals surface area contributed by atoms with Gasteiger partial charge < -0.3 is 15.8 Å². The molecule has 0 radical (unpaired) electrons. The zero-order valence-corrected chi connectivity index (χ0v) is 9.96. The van der Waals surface area contributed by atoms with E-state index in [-0.39, 0.29) is 0 Å². The van der Waals surface area contributed by atoms with Crippen molar-refractivity contribution < 1.29 is 4.74 Å². The predicted molar refractivity (Wildman–Crippen MR) is 70.0 cm³/mol. The molecule has 0 fully saturated rings. The molecule has 0 heterocycles. The van der Waals surface area contributed by atoms with Gasteiger partial charge in [-0.05, 0) is 18.6 Å². The van der Waals surface area contributed by atoms with Gasteiger partial charge in [-0.1, -0.05) is 23.7 Å². The van der Waals surface area contributed by atoms with Crippen molar-refractivity contribution >= 4 is 23.0 Å². The third kappa shape index (κ3) is 4.13. The van der Waals surface area contributed by atoms with Crippen LogP contribution < -0.4 is 11.1 Å². The van der Waals surface area contributed by atoms with E-state index in [1.54, 1.807) is 6.07 Å². The maximum absolute atomic E-state index is 5.89. The lowest BCUT2D eigenvalue weighted by Crippen LogP contribution is -2.11. The monoisotopic (exact) mass is 240 g/mol. The molecule has 0 saturated heterocycles. The molecule has 0 saturated carbocycles. The Hall–Kier alpha value is -1.19. The van der Waals surface area contributed by atoms with E-state index in [2.05, 4.69) is 11.9 Å². The molecule has 0 atom stereocenters. The fourth-order valence-corrected chi connectivity index (χ4v) is 1.39. The van der Waals surface area contributed by atoms with Crippen LogP contribution in [0, 0.1) is 0 Å². The van der Waals surface area contributed by atoms with Gasteiger partial charge in [-0.3, -0.25) is 0 Å². The Kier molecular flexibility index (Phi) is 5.75. The molecule has 1 aromatic carbocycles. The summed E-state index contributed by atoms with van der Waals surface area (Å²) >= 11 is 5.89. The highest BCUT2D eigenvalue weighted by atomic mass is 35.5. The van der Waals surface area contributed by atoms with Gasteiger partial charge in [-0.2, -0.15) is 0 Å². The summed E-state index contributed by atoms with van der Waals surface area (Å²) in [5.41, 5.74) is 7.22. The first-order valence-electron chi connectivity index (χ1n) is 5.22. The number of rotatable bonds is 7. The molecular weight excluding hydrogens is 224 g/mol. The van der Waals surface area contributed by atoms with Crippen molar-refractivity contribution in [3.05, 3.63) is 35.9 Å². The standard InChI is InChI=1S/C12H17ClN2O/c1-2-3-8-16-9-7-15-11-6-4-5-10(13)12(11)14/h2,4-6,15H,1,3,7-9,14H2. The molecule has 3 N–H and O–H groups in total. The van der Waals surface area contributed by atoms with Gasteiger partial charge in [0, 0.05) is 6.54 Å². The van der Waals surface area contributed by atoms with Crippen LogP contribution in [0.25, 0.3) is 0 Å². The molecule has 88 valence electrons. The Morgan fingerprint density at radius 3 is 3.00 bits per heavy atom. The molecule has 0 bridgehead atoms. The highest BCUT2D eigenvalue weighted by Crippen LogP contribution is 2.26. The number of nitrogens with one attached hydrogen (secondary N) is 1. The van der Waals surface area contributed by atoms with E-state index in [4.69, 9.17) is 22.1 Å². The average Bonchev–Trinajstić information content (AvgIpc) is 2.29. The highest BCUT2D eigenvalue weighted by Gasteiger charge is 2.01. The number of anilines is 2. The number of nitrogens with two attached hydrogens (primary N) is 1. The molecule has 1 rings (SSSR count). The van der Waals surface area contributed by atoms with Crippen molar-refractivity contribution in [1.29, 1.82) is 0 Å². The van der Waals surface area contributed by atoms with Crippen LogP contribution in [0.2, 0.25) is 5.02 Å². The quantitative estimate of drug-likeness (QED) is 0.438. The third-order valence-corrected chi connectivity index (χ3v) is 2.41. The molecule has 3 nitrogen and oxygen atoms in total. The van der Waals surface area contributed by atoms with Gasteiger partial charge in [0.05, 0.1) is 29.6 Å². The SMILES string of the molecule is C=CCCOCCNc1cccc(Cl)c1N. The second-order valence-electron chi connectivity index (χ2n) is 3.32. The van der Waals surface area contributed by atoms with Gasteiger partial charge in [-0.15, -0.1) is 6.58 Å². The molecule has 4 heteroatoms. The lowest BCUT2D eigenvalue weighted by Gasteiger charge is -2.10. The van der Waals surface area contributed by atoms with Crippen LogP contribution in [0.1, 0.15) is 6.42 Å². The number of hydrogen-bond acceptors (Lipinski definition) is 3. The second kappa shape index (κ2) is 7.14. The Labute approximate surface area is 101 Å². The van der Waals surface area contributed by atoms with Crippen molar-refractivity contribution in [3.63, 3.8) is 0 Å². The fraction of sp³-hybridized carbons (Fsp3) is 0.333. The summed E-state index contributed by atoms with van der Waals surface area (Å²) in [5.74, 6) is 0. The largest absolute Gasteiger partial charge is 0.396 e. The van der Waals surface area contributed by atoms with Gasteiger partial charge in [0.2, 0.25) is 0 Å². The number of hydrogen-bond donors (Lipinski definition) is 2. The van der Waals surface area contributed by atoms with E-state index in [9.17, 15) is 0 Å². The van der Waals surface area contributed by atoms with Gasteiger partial charge in [0.1, 0.15) is 0 Å². The molecule has 1 aromatic rings. The lowest BCUT2D eigenvalue weighted by atomic mass is 10.2. The lowest BCUT2D eigenvalue weighted by molar-refractivity contribution is 0.149. The summed E-state index contributed by atoms with van der Waals surface area (Å²) in [6, 6.07) is 5.52. The van der Waals surface area contributed by atoms with Gasteiger partial charge >= 0.3 is 0 Å². The molecule has 0 spiro atoms. The number of halogens is 1. The van der Waals surface area contributed by atoms with E-state index < -0.39 is 0 Å². The Balaban J connectivity index is 2.26. The summed E-state index contributed by atoms with van der Waals surface area (Å²) in [6.07, 6.45) is 2.71. The summed E-state index contributed by atoms with van der Waals surface area (Å²) in [4.78, 5) is 0. The van der Waals surface area contributed by atoms with Crippen LogP contribution in [0.4, 0.5) is 11.4 Å². The van der Waals surface area contributed by atoms with Crippen LogP contribution in [0.5, 0.6) is 0 Å². The average molecular weight is 241 g/mol. The first-order chi connectivity index (χ1) is 7.75. The van der Waals surface area contributed by atoms with Crippen LogP contribution in [-0.2, 0) is 4.74 Å². The van der Waals surface area contributed by atoms with Crippen molar-refractivity contribution in [2.24, 2.45) is 0 Å². The molecule has 0 aliphatic heterocycles. The number of benzene rings is 1. The van der Waals surface area contributed by atoms with Crippen LogP contribution in [0.3, 0.4) is 0 Å². The van der Waals surface area contributed by atoms with Crippen molar-refractivity contribution in [2.45, 2.75) is 6.42 Å². The summed E-state index contributed by atoms with van der Waals surface area (Å²) in [6.45, 7) is 5.67. The van der Waals surface area contributed by atoms with Crippen LogP contribution in [0.15, 0.2) is 30.9 Å². The van der Waals surface area contributed by atoms with Gasteiger partial charge in [0.25, 0.3) is 0 Å². The normalized spacial score (nSPS) is 10.1. The molecule has 0 aliphatic carbocycles. The van der Waals surface area contributed by atoms with Crippen molar-refractivity contribution in [3.8, 4) is 0 Å². The second-order valence-corrected chi connectivity index (χ2v) is 3.72. The minimum absolute atomic E-state index is 0.567. The number of ether oxygens (including phenoxy) is 1. The van der Waals surface area contributed by atoms with E-state index in [1.165, 1.54) is 0 Å². The molecule has 0 amide bonds. The molecule has 0 aromatic heterocycles. The van der Waals surface area contributed by atoms with Crippen LogP contribution in [-0.4, -0.2) is 19.8 Å². The summed E-state index contributed by atoms with van der Waals surface area (Å²) in [5, 5.41) is 3.74. The Bertz CT molecular complexity index is 342. The molecule has 0 unspecified atom stereocenters. The minimum Gasteiger partial charge on any atom is -0.396 e. The van der Waals surface area contributed by atoms with Crippen LogP contribution >= 0.6 is 11.6 Å². The number of para-hydroxylation sites is 1. The number of nitrogen functional groups attached to an aromatic ring is 1. The molecule has 16 heavy (non-hydrogen) atoms. The first kappa shape index (κ1) is 12.9. The van der Waals surface area contributed by atoms with Crippen molar-refractivity contribution in [2.75, 3.05) is 30.8 Å². The highest BCUT2D eigenvalue weighted by molar-refractivity contribution is 6.33. The molecular formula is C12H17ClN2O. The fourth-order valence-electron chi connectivity index (χ4n) is 1.22. The van der Waals surface area contributed by atoms with E-state index >= 15 is 0 Å². The first-order valence-corrected chi connectivity index (χ1v) is 5.60. The molecule has 0 aliphatic rings. The topological polar surface area (TPSA) is 47.3 Å². The zero-order valence-electron chi connectivity index (χ0n) is 9.21. The zero-order chi connectivity index (χ0) is 11.8. The summed E-state index contributed by atoms with van der Waals surface area (Å²) in [7, 11) is 0. The van der Waals surface area contributed by atoms with Gasteiger partial charge in [0.15, 0.2) is 0 Å². The van der Waals surface area contributed by atoms with Crippen molar-refractivity contribution in [1.82, 2.24) is 0 Å². The smallest absolute Gasteiger partial charge is 0.0739 e. The third-order valence-electron chi connectivity index (χ3n) is 2.08. The Morgan fingerprint density at radius 1 is 1.44 bits per heavy atom.